The molecule has 0 aliphatic carbocycles. The molecule has 0 aromatic heterocycles. The van der Waals surface area contributed by atoms with Crippen LogP contribution in [0.1, 0.15) is 25.7 Å². The standard InChI is InChI=1S/C8H22N2O2Si/c9-5-1-3-7(11)13-8(12)4-2-6-10/h7-8,11-12H,1-6,9-10,13H2. The number of aliphatic hydroxyl groups excluding tert-OH is 2. The van der Waals surface area contributed by atoms with E-state index in [-0.39, 0.29) is 11.5 Å². The van der Waals surface area contributed by atoms with Crippen molar-refractivity contribution in [2.24, 2.45) is 11.5 Å². The molecule has 5 heteroatoms. The Kier molecular flexibility index (Phi) is 8.68. The van der Waals surface area contributed by atoms with Crippen LogP contribution in [0.2, 0.25) is 0 Å². The van der Waals surface area contributed by atoms with Crippen LogP contribution in [-0.2, 0) is 0 Å². The summed E-state index contributed by atoms with van der Waals surface area (Å²) in [5.74, 6) is 0. The molecule has 0 spiro atoms. The smallest absolute Gasteiger partial charge is 0.0892 e. The fourth-order valence-electron chi connectivity index (χ4n) is 1.26. The zero-order valence-corrected chi connectivity index (χ0v) is 9.57. The van der Waals surface area contributed by atoms with E-state index >= 15 is 0 Å². The second kappa shape index (κ2) is 8.65. The third kappa shape index (κ3) is 8.39. The van der Waals surface area contributed by atoms with Gasteiger partial charge in [0.1, 0.15) is 0 Å². The molecule has 4 nitrogen and oxygen atoms in total. The van der Waals surface area contributed by atoms with Crippen molar-refractivity contribution in [2.75, 3.05) is 13.1 Å². The highest BCUT2D eigenvalue weighted by molar-refractivity contribution is 6.38. The van der Waals surface area contributed by atoms with Crippen LogP contribution in [0.3, 0.4) is 0 Å². The van der Waals surface area contributed by atoms with Gasteiger partial charge in [-0.2, -0.15) is 0 Å². The van der Waals surface area contributed by atoms with E-state index in [4.69, 9.17) is 11.5 Å². The summed E-state index contributed by atoms with van der Waals surface area (Å²) in [7, 11) is -0.781. The first kappa shape index (κ1) is 13.1. The predicted octanol–water partition coefficient (Wildman–Crippen LogP) is -1.73. The molecule has 0 heterocycles. The number of hydrogen-bond acceptors (Lipinski definition) is 4. The molecule has 0 fully saturated rings. The van der Waals surface area contributed by atoms with Crippen LogP contribution in [0.25, 0.3) is 0 Å². The van der Waals surface area contributed by atoms with Crippen molar-refractivity contribution in [1.82, 2.24) is 0 Å². The van der Waals surface area contributed by atoms with Crippen molar-refractivity contribution >= 4 is 9.52 Å². The van der Waals surface area contributed by atoms with Crippen LogP contribution in [0.5, 0.6) is 0 Å². The predicted molar refractivity (Wildman–Crippen MR) is 57.1 cm³/mol. The number of nitrogens with two attached hydrogens (primary N) is 2. The summed E-state index contributed by atoms with van der Waals surface area (Å²) in [6.45, 7) is 1.23. The maximum atomic E-state index is 9.46. The molecule has 0 bridgehead atoms. The van der Waals surface area contributed by atoms with Crippen LogP contribution >= 0.6 is 0 Å². The normalized spacial score (nSPS) is 16.6. The Morgan fingerprint density at radius 2 is 1.31 bits per heavy atom. The van der Waals surface area contributed by atoms with Gasteiger partial charge in [-0.25, -0.2) is 0 Å². The van der Waals surface area contributed by atoms with Gasteiger partial charge in [-0.1, -0.05) is 0 Å². The van der Waals surface area contributed by atoms with Crippen molar-refractivity contribution in [3.63, 3.8) is 0 Å². The second-order valence-electron chi connectivity index (χ2n) is 3.41. The minimum atomic E-state index is -0.781. The zero-order valence-electron chi connectivity index (χ0n) is 8.15. The van der Waals surface area contributed by atoms with Gasteiger partial charge < -0.3 is 21.7 Å². The third-order valence-electron chi connectivity index (χ3n) is 2.03. The molecule has 2 unspecified atom stereocenters. The average molecular weight is 206 g/mol. The third-order valence-corrected chi connectivity index (χ3v) is 3.93. The largest absolute Gasteiger partial charge is 0.397 e. The molecule has 2 atom stereocenters. The number of aliphatic hydroxyl groups is 2. The molecule has 0 aromatic carbocycles. The van der Waals surface area contributed by atoms with Gasteiger partial charge in [0.2, 0.25) is 0 Å². The van der Waals surface area contributed by atoms with E-state index in [0.717, 1.165) is 25.7 Å². The molecule has 0 aliphatic rings. The van der Waals surface area contributed by atoms with Crippen LogP contribution in [0.15, 0.2) is 0 Å². The molecule has 0 saturated carbocycles. The molecule has 0 saturated heterocycles. The molecule has 13 heavy (non-hydrogen) atoms. The lowest BCUT2D eigenvalue weighted by atomic mass is 10.3. The second-order valence-corrected chi connectivity index (χ2v) is 5.76. The molecule has 0 radical (unpaired) electrons. The summed E-state index contributed by atoms with van der Waals surface area (Å²) in [5.41, 5.74) is 10.1. The van der Waals surface area contributed by atoms with Crippen LogP contribution in [-0.4, -0.2) is 44.3 Å². The first-order valence-corrected chi connectivity index (χ1v) is 6.60. The lowest BCUT2D eigenvalue weighted by Gasteiger charge is -2.13. The fraction of sp³-hybridized carbons (Fsp3) is 1.00. The van der Waals surface area contributed by atoms with Crippen molar-refractivity contribution in [2.45, 2.75) is 37.1 Å². The molecular weight excluding hydrogens is 184 g/mol. The lowest BCUT2D eigenvalue weighted by Crippen LogP contribution is -2.29. The van der Waals surface area contributed by atoms with E-state index < -0.39 is 9.52 Å². The van der Waals surface area contributed by atoms with Gasteiger partial charge in [0.15, 0.2) is 0 Å². The molecule has 0 aromatic rings. The van der Waals surface area contributed by atoms with E-state index in [2.05, 4.69) is 0 Å². The Balaban J connectivity index is 3.35. The van der Waals surface area contributed by atoms with Crippen LogP contribution in [0.4, 0.5) is 0 Å². The number of rotatable bonds is 8. The molecule has 0 aliphatic heterocycles. The van der Waals surface area contributed by atoms with Crippen molar-refractivity contribution in [1.29, 1.82) is 0 Å². The highest BCUT2D eigenvalue weighted by Gasteiger charge is 2.11. The van der Waals surface area contributed by atoms with Gasteiger partial charge >= 0.3 is 0 Å². The van der Waals surface area contributed by atoms with Gasteiger partial charge in [-0.05, 0) is 38.8 Å². The van der Waals surface area contributed by atoms with Gasteiger partial charge in [-0.15, -0.1) is 0 Å². The SMILES string of the molecule is NCCCC(O)[SiH2]C(O)CCCN. The maximum Gasteiger partial charge on any atom is 0.0892 e. The van der Waals surface area contributed by atoms with Crippen molar-refractivity contribution < 1.29 is 10.2 Å². The van der Waals surface area contributed by atoms with Gasteiger partial charge in [0, 0.05) is 11.5 Å². The molecule has 80 valence electrons. The summed E-state index contributed by atoms with van der Waals surface area (Å²) in [4.78, 5) is 0. The Hall–Kier alpha value is 0.0569. The average Bonchev–Trinajstić information content (AvgIpc) is 2.11. The summed E-state index contributed by atoms with van der Waals surface area (Å²) < 4.78 is 0. The van der Waals surface area contributed by atoms with E-state index in [9.17, 15) is 10.2 Å². The van der Waals surface area contributed by atoms with Gasteiger partial charge in [0.05, 0.1) is 9.52 Å². The summed E-state index contributed by atoms with van der Waals surface area (Å²) >= 11 is 0. The highest BCUT2D eigenvalue weighted by Crippen LogP contribution is 2.00. The summed E-state index contributed by atoms with van der Waals surface area (Å²) in [6, 6.07) is 0. The highest BCUT2D eigenvalue weighted by atomic mass is 28.2. The van der Waals surface area contributed by atoms with Crippen LogP contribution < -0.4 is 11.5 Å². The van der Waals surface area contributed by atoms with Gasteiger partial charge in [-0.3, -0.25) is 0 Å². The lowest BCUT2D eigenvalue weighted by molar-refractivity contribution is 0.200. The zero-order chi connectivity index (χ0) is 10.1. The first-order chi connectivity index (χ1) is 6.20. The summed E-state index contributed by atoms with van der Waals surface area (Å²) in [5, 5.41) is 18.9. The topological polar surface area (TPSA) is 92.5 Å². The van der Waals surface area contributed by atoms with Crippen molar-refractivity contribution in [3.8, 4) is 0 Å². The monoisotopic (exact) mass is 206 g/mol. The van der Waals surface area contributed by atoms with Crippen molar-refractivity contribution in [3.05, 3.63) is 0 Å². The van der Waals surface area contributed by atoms with E-state index in [1.807, 2.05) is 0 Å². The quantitative estimate of drug-likeness (QED) is 0.355. The number of hydrogen-bond donors (Lipinski definition) is 4. The fourth-order valence-corrected chi connectivity index (χ4v) is 2.93. The Bertz CT molecular complexity index is 104. The molecular formula is C8H22N2O2Si. The van der Waals surface area contributed by atoms with Gasteiger partial charge in [0.25, 0.3) is 0 Å². The Morgan fingerprint density at radius 3 is 1.62 bits per heavy atom. The minimum absolute atomic E-state index is 0.281. The van der Waals surface area contributed by atoms with Crippen LogP contribution in [0, 0.1) is 0 Å². The summed E-state index contributed by atoms with van der Waals surface area (Å²) in [6.07, 6.45) is 3.17. The molecule has 0 amide bonds. The Morgan fingerprint density at radius 1 is 0.923 bits per heavy atom. The van der Waals surface area contributed by atoms with E-state index in [1.165, 1.54) is 0 Å². The molecule has 0 rings (SSSR count). The maximum absolute atomic E-state index is 9.46. The van der Waals surface area contributed by atoms with E-state index in [0.29, 0.717) is 13.1 Å². The molecule has 6 N–H and O–H groups in total. The first-order valence-electron chi connectivity index (χ1n) is 4.97. The minimum Gasteiger partial charge on any atom is -0.397 e. The Labute approximate surface area is 82.1 Å². The van der Waals surface area contributed by atoms with E-state index in [1.54, 1.807) is 0 Å².